The van der Waals surface area contributed by atoms with E-state index in [4.69, 9.17) is 19.6 Å². The van der Waals surface area contributed by atoms with Crippen molar-refractivity contribution >= 4 is 12.0 Å². The van der Waals surface area contributed by atoms with E-state index in [2.05, 4.69) is 4.57 Å². The number of ether oxygens (including phenoxy) is 1. The maximum atomic E-state index is 12.9. The first-order valence-electron chi connectivity index (χ1n) is 11.7. The molecule has 8 nitrogen and oxygen atoms in total. The highest BCUT2D eigenvalue weighted by molar-refractivity contribution is 5.75. The minimum absolute atomic E-state index is 0.192. The molecule has 1 unspecified atom stereocenters. The lowest BCUT2D eigenvalue weighted by Gasteiger charge is -2.35. The molecule has 1 N–H and O–H groups in total. The summed E-state index contributed by atoms with van der Waals surface area (Å²) in [5, 5.41) is 7.12. The molecule has 4 aliphatic rings. The fourth-order valence-electron chi connectivity index (χ4n) is 4.39. The maximum absolute atomic E-state index is 12.9. The van der Waals surface area contributed by atoms with Crippen LogP contribution in [0.3, 0.4) is 0 Å². The molecule has 0 radical (unpaired) electrons. The van der Waals surface area contributed by atoms with Gasteiger partial charge in [0.2, 0.25) is 0 Å². The highest BCUT2D eigenvalue weighted by Gasteiger charge is 2.38. The molecule has 2 aliphatic heterocycles. The van der Waals surface area contributed by atoms with Crippen molar-refractivity contribution in [1.29, 1.82) is 0 Å². The molecule has 0 spiro atoms. The van der Waals surface area contributed by atoms with Gasteiger partial charge in [0.05, 0.1) is 25.2 Å². The van der Waals surface area contributed by atoms with Gasteiger partial charge in [-0.05, 0) is 50.4 Å². The number of rotatable bonds is 6. The quantitative estimate of drug-likeness (QED) is 0.685. The van der Waals surface area contributed by atoms with Gasteiger partial charge in [-0.25, -0.2) is 14.6 Å². The van der Waals surface area contributed by atoms with Crippen LogP contribution >= 0.6 is 0 Å². The van der Waals surface area contributed by atoms with E-state index >= 15 is 0 Å². The number of halogens is 3. The van der Waals surface area contributed by atoms with Crippen molar-refractivity contribution in [3.05, 3.63) is 17.7 Å². The van der Waals surface area contributed by atoms with Crippen molar-refractivity contribution in [1.82, 2.24) is 19.4 Å². The number of nitrogens with zero attached hydrogens (tertiary/aromatic N) is 4. The zero-order valence-electron chi connectivity index (χ0n) is 18.6. The number of urea groups is 1. The summed E-state index contributed by atoms with van der Waals surface area (Å²) in [6.45, 7) is 5.90. The van der Waals surface area contributed by atoms with Crippen molar-refractivity contribution in [2.45, 2.75) is 63.7 Å². The number of carbonyl (C=O) groups excluding carboxylic acids is 1. The number of amides is 2. The summed E-state index contributed by atoms with van der Waals surface area (Å²) in [5.41, 5.74) is 2.42. The standard InChI is InChI=1S/C20H30N4O2.C2HF3O2/c25-20(22-7-1-2-8-22)23-10-17(13-26-12-16-5-6-16)19-18(11-23)21-14-24(19)9-15-3-4-15;3-2(4,5)1(6)7/h14-17H,1-13H2;(H,6,7). The first-order chi connectivity index (χ1) is 15.7. The summed E-state index contributed by atoms with van der Waals surface area (Å²) in [5.74, 6) is -0.903. The number of aromatic nitrogens is 2. The zero-order chi connectivity index (χ0) is 23.6. The van der Waals surface area contributed by atoms with Crippen molar-refractivity contribution in [3.8, 4) is 0 Å². The van der Waals surface area contributed by atoms with Crippen LogP contribution < -0.4 is 0 Å². The molecule has 2 aliphatic carbocycles. The van der Waals surface area contributed by atoms with Gasteiger partial charge in [-0.1, -0.05) is 0 Å². The van der Waals surface area contributed by atoms with Crippen molar-refractivity contribution in [3.63, 3.8) is 0 Å². The number of hydrogen-bond donors (Lipinski definition) is 1. The van der Waals surface area contributed by atoms with Crippen molar-refractivity contribution in [2.75, 3.05) is 32.8 Å². The van der Waals surface area contributed by atoms with Crippen LogP contribution in [-0.4, -0.2) is 75.5 Å². The average Bonchev–Trinajstić information content (AvgIpc) is 3.66. The normalized spacial score (nSPS) is 22.6. The summed E-state index contributed by atoms with van der Waals surface area (Å²) < 4.78 is 40.2. The molecule has 0 bridgehead atoms. The van der Waals surface area contributed by atoms with Crippen LogP contribution in [0.25, 0.3) is 0 Å². The van der Waals surface area contributed by atoms with Crippen LogP contribution in [-0.2, 0) is 22.6 Å². The number of fused-ring (bicyclic) bond motifs is 1. The Balaban J connectivity index is 0.000000325. The van der Waals surface area contributed by atoms with Crippen LogP contribution in [0.15, 0.2) is 6.33 Å². The Bertz CT molecular complexity index is 845. The van der Waals surface area contributed by atoms with Crippen LogP contribution in [0.5, 0.6) is 0 Å². The molecule has 1 atom stereocenters. The number of carbonyl (C=O) groups is 2. The predicted octanol–water partition coefficient (Wildman–Crippen LogP) is 3.47. The minimum atomic E-state index is -5.08. The van der Waals surface area contributed by atoms with E-state index in [1.165, 1.54) is 31.4 Å². The van der Waals surface area contributed by atoms with Gasteiger partial charge in [-0.2, -0.15) is 13.2 Å². The molecule has 33 heavy (non-hydrogen) atoms. The van der Waals surface area contributed by atoms with Gasteiger partial charge >= 0.3 is 18.2 Å². The van der Waals surface area contributed by atoms with Crippen LogP contribution in [0, 0.1) is 11.8 Å². The minimum Gasteiger partial charge on any atom is -0.475 e. The predicted molar refractivity (Wildman–Crippen MR) is 112 cm³/mol. The summed E-state index contributed by atoms with van der Waals surface area (Å²) in [6.07, 6.45) is 4.50. The van der Waals surface area contributed by atoms with E-state index in [-0.39, 0.29) is 11.9 Å². The number of imidazole rings is 1. The van der Waals surface area contributed by atoms with Gasteiger partial charge in [-0.15, -0.1) is 0 Å². The second-order valence-corrected chi connectivity index (χ2v) is 9.51. The van der Waals surface area contributed by atoms with Gasteiger partial charge in [-0.3, -0.25) is 0 Å². The maximum Gasteiger partial charge on any atom is 0.490 e. The van der Waals surface area contributed by atoms with E-state index in [0.717, 1.165) is 63.2 Å². The lowest BCUT2D eigenvalue weighted by molar-refractivity contribution is -0.192. The second-order valence-electron chi connectivity index (χ2n) is 9.51. The number of alkyl halides is 3. The van der Waals surface area contributed by atoms with E-state index in [9.17, 15) is 18.0 Å². The second kappa shape index (κ2) is 9.90. The third-order valence-electron chi connectivity index (χ3n) is 6.54. The van der Waals surface area contributed by atoms with Gasteiger partial charge in [0.25, 0.3) is 0 Å². The zero-order valence-corrected chi connectivity index (χ0v) is 18.6. The Morgan fingerprint density at radius 3 is 2.27 bits per heavy atom. The topological polar surface area (TPSA) is 87.9 Å². The van der Waals surface area contributed by atoms with E-state index in [1.54, 1.807) is 0 Å². The Hall–Kier alpha value is -2.30. The molecule has 1 aromatic heterocycles. The lowest BCUT2D eigenvalue weighted by Crippen LogP contribution is -2.46. The lowest BCUT2D eigenvalue weighted by atomic mass is 9.99. The SMILES string of the molecule is O=C(N1CCCC1)N1Cc2ncn(CC3CC3)c2C(COCC2CC2)C1.O=C(O)C(F)(F)F. The molecular formula is C22H31F3N4O4. The summed E-state index contributed by atoms with van der Waals surface area (Å²) in [6, 6.07) is 0.192. The fraction of sp³-hybridized carbons (Fsp3) is 0.773. The fourth-order valence-corrected chi connectivity index (χ4v) is 4.39. The van der Waals surface area contributed by atoms with Gasteiger partial charge < -0.3 is 24.2 Å². The van der Waals surface area contributed by atoms with Gasteiger partial charge in [0.15, 0.2) is 0 Å². The molecule has 5 rings (SSSR count). The van der Waals surface area contributed by atoms with Crippen molar-refractivity contribution in [2.24, 2.45) is 11.8 Å². The molecule has 2 amide bonds. The Kier molecular flexibility index (Phi) is 7.16. The average molecular weight is 473 g/mol. The molecular weight excluding hydrogens is 441 g/mol. The highest BCUT2D eigenvalue weighted by Crippen LogP contribution is 2.35. The number of carboxylic acids is 1. The summed E-state index contributed by atoms with van der Waals surface area (Å²) >= 11 is 0. The molecule has 1 saturated heterocycles. The van der Waals surface area contributed by atoms with Crippen LogP contribution in [0.1, 0.15) is 55.8 Å². The van der Waals surface area contributed by atoms with Crippen molar-refractivity contribution < 1.29 is 32.6 Å². The van der Waals surface area contributed by atoms with Gasteiger partial charge in [0.1, 0.15) is 0 Å². The number of hydrogen-bond acceptors (Lipinski definition) is 4. The summed E-state index contributed by atoms with van der Waals surface area (Å²) in [7, 11) is 0. The van der Waals surface area contributed by atoms with E-state index in [0.29, 0.717) is 13.2 Å². The molecule has 184 valence electrons. The van der Waals surface area contributed by atoms with E-state index in [1.807, 2.05) is 16.1 Å². The molecule has 0 aromatic carbocycles. The van der Waals surface area contributed by atoms with Crippen LogP contribution in [0.4, 0.5) is 18.0 Å². The molecule has 3 heterocycles. The Labute approximate surface area is 190 Å². The highest BCUT2D eigenvalue weighted by atomic mass is 19.4. The third kappa shape index (κ3) is 6.39. The number of aliphatic carboxylic acids is 1. The van der Waals surface area contributed by atoms with E-state index < -0.39 is 12.1 Å². The Morgan fingerprint density at radius 1 is 1.06 bits per heavy atom. The largest absolute Gasteiger partial charge is 0.490 e. The molecule has 1 aromatic rings. The first kappa shape index (κ1) is 23.8. The Morgan fingerprint density at radius 2 is 1.70 bits per heavy atom. The third-order valence-corrected chi connectivity index (χ3v) is 6.54. The molecule has 11 heteroatoms. The summed E-state index contributed by atoms with van der Waals surface area (Å²) in [4.78, 5) is 30.5. The first-order valence-corrected chi connectivity index (χ1v) is 11.7. The van der Waals surface area contributed by atoms with Gasteiger partial charge in [0, 0.05) is 44.4 Å². The smallest absolute Gasteiger partial charge is 0.475 e. The molecule has 3 fully saturated rings. The number of carboxylic acid groups (broad SMARTS) is 1. The number of likely N-dealkylation sites (tertiary alicyclic amines) is 1. The molecule has 2 saturated carbocycles. The monoisotopic (exact) mass is 472 g/mol. The van der Waals surface area contributed by atoms with Crippen LogP contribution in [0.2, 0.25) is 0 Å².